The molecule has 108 valence electrons. The minimum Gasteiger partial charge on any atom is -0.479 e. The van der Waals surface area contributed by atoms with E-state index in [1.54, 1.807) is 0 Å². The van der Waals surface area contributed by atoms with Crippen molar-refractivity contribution in [1.29, 1.82) is 0 Å². The number of hydrogen-bond acceptors (Lipinski definition) is 4. The third-order valence-electron chi connectivity index (χ3n) is 3.62. The van der Waals surface area contributed by atoms with Crippen LogP contribution in [0.1, 0.15) is 26.2 Å². The van der Waals surface area contributed by atoms with Crippen molar-refractivity contribution in [2.45, 2.75) is 43.9 Å². The number of carboxylic acids is 1. The molecular formula is C12H20N2O5. The third kappa shape index (κ3) is 3.16. The van der Waals surface area contributed by atoms with E-state index in [-0.39, 0.29) is 18.8 Å². The van der Waals surface area contributed by atoms with E-state index in [1.165, 1.54) is 0 Å². The van der Waals surface area contributed by atoms with Crippen molar-refractivity contribution in [1.82, 2.24) is 10.6 Å². The fourth-order valence-electron chi connectivity index (χ4n) is 2.38. The second kappa shape index (κ2) is 5.75. The maximum atomic E-state index is 11.8. The molecule has 0 spiro atoms. The number of aliphatic carboxylic acids is 1. The van der Waals surface area contributed by atoms with Crippen LogP contribution in [0, 0.1) is 0 Å². The number of carbonyl (C=O) groups is 2. The minimum atomic E-state index is -1.28. The lowest BCUT2D eigenvalue weighted by molar-refractivity contribution is -0.144. The van der Waals surface area contributed by atoms with Crippen LogP contribution in [-0.4, -0.2) is 54.6 Å². The van der Waals surface area contributed by atoms with E-state index in [0.717, 1.165) is 12.8 Å². The lowest BCUT2D eigenvalue weighted by atomic mass is 9.89. The van der Waals surface area contributed by atoms with Crippen molar-refractivity contribution < 1.29 is 24.2 Å². The Hall–Kier alpha value is -1.34. The maximum Gasteiger partial charge on any atom is 0.332 e. The molecule has 19 heavy (non-hydrogen) atoms. The van der Waals surface area contributed by atoms with Gasteiger partial charge in [0.05, 0.1) is 12.7 Å². The molecule has 7 nitrogen and oxygen atoms in total. The molecule has 2 amide bonds. The number of ether oxygens (including phenoxy) is 2. The molecule has 3 N–H and O–H groups in total. The van der Waals surface area contributed by atoms with E-state index in [0.29, 0.717) is 19.6 Å². The molecule has 1 saturated carbocycles. The van der Waals surface area contributed by atoms with Crippen LogP contribution in [0.3, 0.4) is 0 Å². The fraction of sp³-hybridized carbons (Fsp3) is 0.833. The Morgan fingerprint density at radius 2 is 2.21 bits per heavy atom. The number of carbonyl (C=O) groups excluding carboxylic acids is 1. The summed E-state index contributed by atoms with van der Waals surface area (Å²) in [5.41, 5.74) is -1.28. The summed E-state index contributed by atoms with van der Waals surface area (Å²) >= 11 is 0. The lowest BCUT2D eigenvalue weighted by Crippen LogP contribution is -2.60. The Morgan fingerprint density at radius 3 is 2.74 bits per heavy atom. The molecule has 0 aromatic carbocycles. The summed E-state index contributed by atoms with van der Waals surface area (Å²) in [7, 11) is 0. The molecule has 2 rings (SSSR count). The van der Waals surface area contributed by atoms with E-state index in [4.69, 9.17) is 9.47 Å². The van der Waals surface area contributed by atoms with Crippen LogP contribution in [0.15, 0.2) is 0 Å². The first-order valence-electron chi connectivity index (χ1n) is 6.57. The van der Waals surface area contributed by atoms with Crippen LogP contribution in [0.25, 0.3) is 0 Å². The van der Waals surface area contributed by atoms with Crippen LogP contribution < -0.4 is 10.6 Å². The zero-order chi connectivity index (χ0) is 13.9. The van der Waals surface area contributed by atoms with Gasteiger partial charge in [-0.15, -0.1) is 0 Å². The first kappa shape index (κ1) is 14.1. The van der Waals surface area contributed by atoms with Gasteiger partial charge in [0.2, 0.25) is 0 Å². The molecule has 1 aliphatic carbocycles. The van der Waals surface area contributed by atoms with Crippen molar-refractivity contribution in [3.8, 4) is 0 Å². The Morgan fingerprint density at radius 1 is 1.47 bits per heavy atom. The van der Waals surface area contributed by atoms with Gasteiger partial charge in [0, 0.05) is 25.7 Å². The van der Waals surface area contributed by atoms with Gasteiger partial charge in [-0.2, -0.15) is 0 Å². The van der Waals surface area contributed by atoms with E-state index >= 15 is 0 Å². The van der Waals surface area contributed by atoms with Gasteiger partial charge in [0.25, 0.3) is 0 Å². The van der Waals surface area contributed by atoms with Gasteiger partial charge < -0.3 is 25.2 Å². The molecule has 2 fully saturated rings. The molecule has 1 unspecified atom stereocenters. The Balaban J connectivity index is 1.77. The highest BCUT2D eigenvalue weighted by molar-refractivity contribution is 5.86. The van der Waals surface area contributed by atoms with Crippen LogP contribution in [0.4, 0.5) is 4.79 Å². The van der Waals surface area contributed by atoms with E-state index in [9.17, 15) is 14.7 Å². The molecule has 0 bridgehead atoms. The smallest absolute Gasteiger partial charge is 0.332 e. The zero-order valence-electron chi connectivity index (χ0n) is 11.0. The van der Waals surface area contributed by atoms with Crippen LogP contribution in [-0.2, 0) is 14.3 Å². The van der Waals surface area contributed by atoms with Gasteiger partial charge in [-0.25, -0.2) is 9.59 Å². The van der Waals surface area contributed by atoms with Crippen LogP contribution >= 0.6 is 0 Å². The Kier molecular flexibility index (Phi) is 4.26. The topological polar surface area (TPSA) is 96.9 Å². The zero-order valence-corrected chi connectivity index (χ0v) is 11.0. The van der Waals surface area contributed by atoms with Gasteiger partial charge in [0.1, 0.15) is 0 Å². The Bertz CT molecular complexity index is 348. The average Bonchev–Trinajstić information content (AvgIpc) is 2.76. The van der Waals surface area contributed by atoms with Crippen LogP contribution in [0.2, 0.25) is 0 Å². The predicted octanol–water partition coefficient (Wildman–Crippen LogP) is 0.0968. The first-order chi connectivity index (χ1) is 9.05. The molecule has 0 aromatic rings. The summed E-state index contributed by atoms with van der Waals surface area (Å²) in [6.07, 6.45) is 2.05. The SMILES string of the molecule is CCOC1CC(NC(=O)NC2(C(=O)O)CCOC2)C1. The second-order valence-electron chi connectivity index (χ2n) is 5.03. The molecule has 1 saturated heterocycles. The molecular weight excluding hydrogens is 252 g/mol. The summed E-state index contributed by atoms with van der Waals surface area (Å²) < 4.78 is 10.5. The largest absolute Gasteiger partial charge is 0.479 e. The molecule has 1 heterocycles. The summed E-state index contributed by atoms with van der Waals surface area (Å²) in [5.74, 6) is -1.05. The van der Waals surface area contributed by atoms with Gasteiger partial charge in [-0.1, -0.05) is 0 Å². The molecule has 1 aliphatic heterocycles. The van der Waals surface area contributed by atoms with Gasteiger partial charge in [-0.3, -0.25) is 0 Å². The van der Waals surface area contributed by atoms with E-state index in [1.807, 2.05) is 6.92 Å². The van der Waals surface area contributed by atoms with E-state index < -0.39 is 17.5 Å². The number of rotatable bonds is 5. The minimum absolute atomic E-state index is 0.0159. The summed E-state index contributed by atoms with van der Waals surface area (Å²) in [6.45, 7) is 2.97. The standard InChI is InChI=1S/C12H20N2O5/c1-2-19-9-5-8(6-9)13-11(17)14-12(10(15)16)3-4-18-7-12/h8-9H,2-7H2,1H3,(H,15,16)(H2,13,14,17). The second-order valence-corrected chi connectivity index (χ2v) is 5.03. The quantitative estimate of drug-likeness (QED) is 0.659. The summed E-state index contributed by atoms with van der Waals surface area (Å²) in [5, 5.41) is 14.5. The Labute approximate surface area is 111 Å². The highest BCUT2D eigenvalue weighted by Crippen LogP contribution is 2.23. The molecule has 0 aromatic heterocycles. The third-order valence-corrected chi connectivity index (χ3v) is 3.62. The van der Waals surface area contributed by atoms with Crippen molar-refractivity contribution in [3.63, 3.8) is 0 Å². The highest BCUT2D eigenvalue weighted by atomic mass is 16.5. The first-order valence-corrected chi connectivity index (χ1v) is 6.57. The summed E-state index contributed by atoms with van der Waals surface area (Å²) in [4.78, 5) is 23.0. The molecule has 7 heteroatoms. The number of carboxylic acid groups (broad SMARTS) is 1. The monoisotopic (exact) mass is 272 g/mol. The average molecular weight is 272 g/mol. The number of amides is 2. The normalized spacial score (nSPS) is 33.5. The van der Waals surface area contributed by atoms with Gasteiger partial charge in [-0.05, 0) is 19.8 Å². The summed E-state index contributed by atoms with van der Waals surface area (Å²) in [6, 6.07) is -0.391. The number of urea groups is 1. The van der Waals surface area contributed by atoms with Crippen molar-refractivity contribution >= 4 is 12.0 Å². The highest BCUT2D eigenvalue weighted by Gasteiger charge is 2.44. The number of nitrogens with one attached hydrogen (secondary N) is 2. The van der Waals surface area contributed by atoms with Gasteiger partial charge >= 0.3 is 12.0 Å². The van der Waals surface area contributed by atoms with E-state index in [2.05, 4.69) is 10.6 Å². The predicted molar refractivity (Wildman–Crippen MR) is 65.9 cm³/mol. The van der Waals surface area contributed by atoms with Crippen LogP contribution in [0.5, 0.6) is 0 Å². The molecule has 2 aliphatic rings. The maximum absolute atomic E-state index is 11.8. The fourth-order valence-corrected chi connectivity index (χ4v) is 2.38. The lowest BCUT2D eigenvalue weighted by Gasteiger charge is -2.36. The van der Waals surface area contributed by atoms with Crippen molar-refractivity contribution in [2.75, 3.05) is 19.8 Å². The number of hydrogen-bond donors (Lipinski definition) is 3. The van der Waals surface area contributed by atoms with Crippen molar-refractivity contribution in [2.24, 2.45) is 0 Å². The van der Waals surface area contributed by atoms with Crippen molar-refractivity contribution in [3.05, 3.63) is 0 Å². The molecule has 1 atom stereocenters. The van der Waals surface area contributed by atoms with Gasteiger partial charge in [0.15, 0.2) is 5.54 Å². The molecule has 0 radical (unpaired) electrons.